The summed E-state index contributed by atoms with van der Waals surface area (Å²) in [6, 6.07) is 16.4. The van der Waals surface area contributed by atoms with E-state index in [2.05, 4.69) is 41.4 Å². The summed E-state index contributed by atoms with van der Waals surface area (Å²) in [6.45, 7) is 7.02. The van der Waals surface area contributed by atoms with E-state index in [0.29, 0.717) is 11.8 Å². The Morgan fingerprint density at radius 1 is 1.07 bits per heavy atom. The third kappa shape index (κ3) is 3.83. The highest BCUT2D eigenvalue weighted by Crippen LogP contribution is 2.43. The number of carbonyl (C=O) groups is 1. The fraction of sp³-hybridized carbons (Fsp3) is 0.409. The number of ether oxygens (including phenoxy) is 1. The number of para-hydroxylation sites is 1. The largest absolute Gasteiger partial charge is 0.484 e. The molecule has 0 aliphatic carbocycles. The van der Waals surface area contributed by atoms with Crippen molar-refractivity contribution in [2.45, 2.75) is 19.9 Å². The maximum atomic E-state index is 13.0. The van der Waals surface area contributed by atoms with Crippen molar-refractivity contribution in [2.24, 2.45) is 11.8 Å². The molecule has 2 heterocycles. The van der Waals surface area contributed by atoms with Crippen molar-refractivity contribution >= 4 is 18.3 Å². The summed E-state index contributed by atoms with van der Waals surface area (Å²) < 4.78 is 5.84. The average molecular weight is 387 g/mol. The highest BCUT2D eigenvalue weighted by molar-refractivity contribution is 5.85. The van der Waals surface area contributed by atoms with Gasteiger partial charge in [0.2, 0.25) is 0 Å². The van der Waals surface area contributed by atoms with Gasteiger partial charge in [-0.25, -0.2) is 0 Å². The molecular weight excluding hydrogens is 360 g/mol. The number of fused-ring (bicyclic) bond motifs is 1. The molecule has 4 nitrogen and oxygen atoms in total. The SMILES string of the molecule is Cc1ccccc1OCC(=O)N1C[C@@H]2CNC[C@@H]2[C@H]1c1ccccc1C.Cl. The molecule has 2 aromatic rings. The van der Waals surface area contributed by atoms with E-state index in [4.69, 9.17) is 4.74 Å². The van der Waals surface area contributed by atoms with Crippen molar-refractivity contribution in [3.05, 3.63) is 65.2 Å². The average Bonchev–Trinajstić information content (AvgIpc) is 3.22. The molecule has 1 amide bonds. The summed E-state index contributed by atoms with van der Waals surface area (Å²) in [5.41, 5.74) is 3.58. The molecule has 1 N–H and O–H groups in total. The van der Waals surface area contributed by atoms with Crippen LogP contribution in [0.25, 0.3) is 0 Å². The van der Waals surface area contributed by atoms with Gasteiger partial charge >= 0.3 is 0 Å². The Morgan fingerprint density at radius 2 is 1.78 bits per heavy atom. The predicted octanol–water partition coefficient (Wildman–Crippen LogP) is 3.52. The lowest BCUT2D eigenvalue weighted by Gasteiger charge is -2.29. The molecule has 3 atom stereocenters. The number of halogens is 1. The number of benzene rings is 2. The minimum Gasteiger partial charge on any atom is -0.484 e. The van der Waals surface area contributed by atoms with E-state index in [1.54, 1.807) is 0 Å². The fourth-order valence-electron chi connectivity index (χ4n) is 4.44. The first-order valence-corrected chi connectivity index (χ1v) is 9.39. The smallest absolute Gasteiger partial charge is 0.261 e. The molecule has 0 aromatic heterocycles. The first kappa shape index (κ1) is 19.7. The molecule has 144 valence electrons. The van der Waals surface area contributed by atoms with E-state index in [1.807, 2.05) is 31.2 Å². The molecule has 0 bridgehead atoms. The molecule has 27 heavy (non-hydrogen) atoms. The van der Waals surface area contributed by atoms with Crippen LogP contribution in [-0.4, -0.2) is 37.0 Å². The number of likely N-dealkylation sites (tertiary alicyclic amines) is 1. The molecule has 5 heteroatoms. The van der Waals surface area contributed by atoms with E-state index in [-0.39, 0.29) is 31.0 Å². The Kier molecular flexibility index (Phi) is 6.08. The van der Waals surface area contributed by atoms with Crippen LogP contribution in [0.2, 0.25) is 0 Å². The van der Waals surface area contributed by atoms with E-state index in [1.165, 1.54) is 11.1 Å². The molecule has 2 saturated heterocycles. The van der Waals surface area contributed by atoms with Gasteiger partial charge in [-0.2, -0.15) is 0 Å². The van der Waals surface area contributed by atoms with E-state index < -0.39 is 0 Å². The Balaban J connectivity index is 0.00000210. The van der Waals surface area contributed by atoms with Crippen LogP contribution in [0.5, 0.6) is 5.75 Å². The maximum Gasteiger partial charge on any atom is 0.261 e. The number of nitrogens with one attached hydrogen (secondary N) is 1. The minimum atomic E-state index is 0. The van der Waals surface area contributed by atoms with E-state index in [9.17, 15) is 4.79 Å². The predicted molar refractivity (Wildman–Crippen MR) is 109 cm³/mol. The number of nitrogens with zero attached hydrogens (tertiary/aromatic N) is 1. The molecule has 0 radical (unpaired) electrons. The quantitative estimate of drug-likeness (QED) is 0.874. The zero-order chi connectivity index (χ0) is 18.1. The van der Waals surface area contributed by atoms with Crippen LogP contribution in [0.3, 0.4) is 0 Å². The number of amides is 1. The summed E-state index contributed by atoms with van der Waals surface area (Å²) in [5.74, 6) is 1.88. The number of carbonyl (C=O) groups excluding carboxylic acids is 1. The molecule has 0 saturated carbocycles. The zero-order valence-corrected chi connectivity index (χ0v) is 16.7. The number of rotatable bonds is 4. The number of hydrogen-bond acceptors (Lipinski definition) is 3. The van der Waals surface area contributed by atoms with Gasteiger partial charge in [0.05, 0.1) is 6.04 Å². The Bertz CT molecular complexity index is 810. The van der Waals surface area contributed by atoms with Crippen molar-refractivity contribution in [1.29, 1.82) is 0 Å². The van der Waals surface area contributed by atoms with Gasteiger partial charge in [-0.05, 0) is 42.5 Å². The summed E-state index contributed by atoms with van der Waals surface area (Å²) >= 11 is 0. The van der Waals surface area contributed by atoms with Crippen LogP contribution in [-0.2, 0) is 4.79 Å². The second-order valence-electron chi connectivity index (χ2n) is 7.48. The summed E-state index contributed by atoms with van der Waals surface area (Å²) in [6.07, 6.45) is 0. The maximum absolute atomic E-state index is 13.0. The van der Waals surface area contributed by atoms with Gasteiger partial charge in [-0.3, -0.25) is 4.79 Å². The van der Waals surface area contributed by atoms with Gasteiger partial charge in [0.15, 0.2) is 6.61 Å². The van der Waals surface area contributed by atoms with Crippen LogP contribution >= 0.6 is 12.4 Å². The summed E-state index contributed by atoms with van der Waals surface area (Å²) in [7, 11) is 0. The molecule has 2 aliphatic rings. The first-order valence-electron chi connectivity index (χ1n) is 9.39. The second-order valence-corrected chi connectivity index (χ2v) is 7.48. The Labute approximate surface area is 167 Å². The van der Waals surface area contributed by atoms with Crippen molar-refractivity contribution < 1.29 is 9.53 Å². The van der Waals surface area contributed by atoms with Gasteiger partial charge in [0, 0.05) is 25.6 Å². The monoisotopic (exact) mass is 386 g/mol. The van der Waals surface area contributed by atoms with Crippen molar-refractivity contribution in [3.63, 3.8) is 0 Å². The molecule has 2 aromatic carbocycles. The first-order chi connectivity index (χ1) is 12.6. The summed E-state index contributed by atoms with van der Waals surface area (Å²) in [5, 5.41) is 3.50. The summed E-state index contributed by atoms with van der Waals surface area (Å²) in [4.78, 5) is 15.1. The molecule has 4 rings (SSSR count). The third-order valence-corrected chi connectivity index (χ3v) is 5.84. The van der Waals surface area contributed by atoms with Gasteiger partial charge < -0.3 is 15.0 Å². The Hall–Kier alpha value is -2.04. The number of hydrogen-bond donors (Lipinski definition) is 1. The zero-order valence-electron chi connectivity index (χ0n) is 15.9. The van der Waals surface area contributed by atoms with Gasteiger partial charge in [0.1, 0.15) is 5.75 Å². The van der Waals surface area contributed by atoms with Gasteiger partial charge in [-0.1, -0.05) is 42.5 Å². The standard InChI is InChI=1S/C22H26N2O2.ClH/c1-15-7-3-5-9-18(15)22-19-12-23-11-17(19)13-24(22)21(25)14-26-20-10-6-4-8-16(20)2;/h3-10,17,19,22-23H,11-14H2,1-2H3;1H/t17-,19-,22+;/m0./s1. The second kappa shape index (κ2) is 8.32. The van der Waals surface area contributed by atoms with Crippen LogP contribution < -0.4 is 10.1 Å². The highest BCUT2D eigenvalue weighted by atomic mass is 35.5. The van der Waals surface area contributed by atoms with Crippen molar-refractivity contribution in [1.82, 2.24) is 10.2 Å². The highest BCUT2D eigenvalue weighted by Gasteiger charge is 2.47. The molecule has 0 spiro atoms. The third-order valence-electron chi connectivity index (χ3n) is 5.84. The van der Waals surface area contributed by atoms with Crippen LogP contribution in [0.15, 0.2) is 48.5 Å². The van der Waals surface area contributed by atoms with E-state index >= 15 is 0 Å². The molecule has 2 fully saturated rings. The lowest BCUT2D eigenvalue weighted by atomic mass is 9.87. The fourth-order valence-corrected chi connectivity index (χ4v) is 4.44. The lowest BCUT2D eigenvalue weighted by Crippen LogP contribution is -2.38. The van der Waals surface area contributed by atoms with Crippen molar-refractivity contribution in [3.8, 4) is 5.75 Å². The van der Waals surface area contributed by atoms with Gasteiger partial charge in [0.25, 0.3) is 5.91 Å². The Morgan fingerprint density at radius 3 is 2.52 bits per heavy atom. The molecule has 0 unspecified atom stereocenters. The van der Waals surface area contributed by atoms with Crippen molar-refractivity contribution in [2.75, 3.05) is 26.2 Å². The van der Waals surface area contributed by atoms with Gasteiger partial charge in [-0.15, -0.1) is 12.4 Å². The van der Waals surface area contributed by atoms with E-state index in [0.717, 1.165) is 30.9 Å². The lowest BCUT2D eigenvalue weighted by molar-refractivity contribution is -0.134. The molecular formula is C22H27ClN2O2. The van der Waals surface area contributed by atoms with Crippen LogP contribution in [0.1, 0.15) is 22.7 Å². The molecule has 2 aliphatic heterocycles. The topological polar surface area (TPSA) is 41.6 Å². The normalized spacial score (nSPS) is 23.6. The minimum absolute atomic E-state index is 0. The van der Waals surface area contributed by atoms with Crippen LogP contribution in [0.4, 0.5) is 0 Å². The number of aryl methyl sites for hydroxylation is 2. The van der Waals surface area contributed by atoms with Crippen LogP contribution in [0, 0.1) is 25.7 Å².